The van der Waals surface area contributed by atoms with Crippen LogP contribution in [0.3, 0.4) is 0 Å². The van der Waals surface area contributed by atoms with Crippen molar-refractivity contribution in [3.63, 3.8) is 0 Å². The van der Waals surface area contributed by atoms with Gasteiger partial charge in [0.1, 0.15) is 5.82 Å². The molecule has 0 unspecified atom stereocenters. The molecule has 5 heteroatoms. The molecule has 1 aromatic rings. The van der Waals surface area contributed by atoms with Crippen LogP contribution in [0.5, 0.6) is 5.75 Å². The third kappa shape index (κ3) is 3.49. The van der Waals surface area contributed by atoms with E-state index < -0.39 is 17.4 Å². The van der Waals surface area contributed by atoms with Crippen molar-refractivity contribution in [3.05, 3.63) is 29.3 Å². The second-order valence-electron chi connectivity index (χ2n) is 3.60. The molecule has 1 aromatic carbocycles. The fourth-order valence-corrected chi connectivity index (χ4v) is 1.46. The van der Waals surface area contributed by atoms with Crippen LogP contribution < -0.4 is 10.1 Å². The van der Waals surface area contributed by atoms with Crippen LogP contribution in [0.4, 0.5) is 8.78 Å². The smallest absolute Gasteiger partial charge is 0.165 e. The van der Waals surface area contributed by atoms with E-state index in [9.17, 15) is 13.6 Å². The van der Waals surface area contributed by atoms with E-state index in [0.29, 0.717) is 13.0 Å². The Morgan fingerprint density at radius 3 is 2.65 bits per heavy atom. The molecule has 0 aromatic heterocycles. The largest absolute Gasteiger partial charge is 0.494 e. The van der Waals surface area contributed by atoms with Crippen molar-refractivity contribution < 1.29 is 18.3 Å². The number of carbonyl (C=O) groups is 1. The summed E-state index contributed by atoms with van der Waals surface area (Å²) in [5.74, 6) is -2.09. The van der Waals surface area contributed by atoms with E-state index in [1.54, 1.807) is 7.05 Å². The molecule has 3 nitrogen and oxygen atoms in total. The van der Waals surface area contributed by atoms with Crippen molar-refractivity contribution in [2.45, 2.75) is 12.8 Å². The van der Waals surface area contributed by atoms with Gasteiger partial charge in [-0.1, -0.05) is 0 Å². The highest BCUT2D eigenvalue weighted by molar-refractivity contribution is 5.96. The van der Waals surface area contributed by atoms with Gasteiger partial charge in [0.25, 0.3) is 0 Å². The van der Waals surface area contributed by atoms with Gasteiger partial charge < -0.3 is 10.1 Å². The lowest BCUT2D eigenvalue weighted by Gasteiger charge is -2.06. The number of carbonyl (C=O) groups excluding carboxylic acids is 1. The van der Waals surface area contributed by atoms with Gasteiger partial charge in [0, 0.05) is 12.5 Å². The van der Waals surface area contributed by atoms with E-state index in [0.717, 1.165) is 12.1 Å². The predicted molar refractivity (Wildman–Crippen MR) is 60.4 cm³/mol. The Morgan fingerprint density at radius 2 is 2.06 bits per heavy atom. The number of hydrogen-bond acceptors (Lipinski definition) is 3. The first kappa shape index (κ1) is 13.6. The Kier molecular flexibility index (Phi) is 5.03. The molecule has 0 saturated carbocycles. The SMILES string of the molecule is CNCCCC(=O)c1cc(F)c(OC)cc1F. The molecular formula is C12H15F2NO2. The van der Waals surface area contributed by atoms with Crippen molar-refractivity contribution in [1.82, 2.24) is 5.32 Å². The molecule has 0 bridgehead atoms. The molecule has 94 valence electrons. The normalized spacial score (nSPS) is 10.4. The van der Waals surface area contributed by atoms with Gasteiger partial charge in [-0.05, 0) is 26.1 Å². The number of ketones is 1. The second kappa shape index (κ2) is 6.30. The van der Waals surface area contributed by atoms with E-state index in [4.69, 9.17) is 0 Å². The average molecular weight is 243 g/mol. The molecule has 0 aliphatic carbocycles. The molecule has 17 heavy (non-hydrogen) atoms. The highest BCUT2D eigenvalue weighted by atomic mass is 19.1. The molecule has 1 N–H and O–H groups in total. The standard InChI is InChI=1S/C12H15F2NO2/c1-15-5-3-4-11(16)8-6-10(14)12(17-2)7-9(8)13/h6-7,15H,3-5H2,1-2H3. The van der Waals surface area contributed by atoms with E-state index in [-0.39, 0.29) is 17.7 Å². The Labute approximate surface area is 98.8 Å². The predicted octanol–water partition coefficient (Wildman–Crippen LogP) is 2.16. The molecule has 0 atom stereocenters. The maximum absolute atomic E-state index is 13.5. The number of hydrogen-bond donors (Lipinski definition) is 1. The van der Waals surface area contributed by atoms with Crippen molar-refractivity contribution >= 4 is 5.78 Å². The van der Waals surface area contributed by atoms with Crippen LogP contribution in [0, 0.1) is 11.6 Å². The monoisotopic (exact) mass is 243 g/mol. The van der Waals surface area contributed by atoms with Gasteiger partial charge in [-0.3, -0.25) is 4.79 Å². The van der Waals surface area contributed by atoms with Crippen LogP contribution in [-0.2, 0) is 0 Å². The molecule has 0 radical (unpaired) electrons. The van der Waals surface area contributed by atoms with Gasteiger partial charge in [-0.25, -0.2) is 8.78 Å². The lowest BCUT2D eigenvalue weighted by atomic mass is 10.1. The molecule has 1 rings (SSSR count). The minimum atomic E-state index is -0.752. The number of rotatable bonds is 6. The van der Waals surface area contributed by atoms with Crippen molar-refractivity contribution in [1.29, 1.82) is 0 Å². The average Bonchev–Trinajstić information content (AvgIpc) is 2.31. The first-order valence-electron chi connectivity index (χ1n) is 5.31. The van der Waals surface area contributed by atoms with Crippen molar-refractivity contribution in [2.75, 3.05) is 20.7 Å². The third-order valence-corrected chi connectivity index (χ3v) is 2.37. The first-order valence-corrected chi connectivity index (χ1v) is 5.31. The van der Waals surface area contributed by atoms with E-state index >= 15 is 0 Å². The molecule has 0 spiro atoms. The zero-order chi connectivity index (χ0) is 12.8. The number of methoxy groups -OCH3 is 1. The van der Waals surface area contributed by atoms with E-state index in [1.165, 1.54) is 7.11 Å². The van der Waals surface area contributed by atoms with Gasteiger partial charge >= 0.3 is 0 Å². The minimum absolute atomic E-state index is 0.184. The molecular weight excluding hydrogens is 228 g/mol. The maximum Gasteiger partial charge on any atom is 0.165 e. The maximum atomic E-state index is 13.5. The zero-order valence-corrected chi connectivity index (χ0v) is 9.85. The van der Waals surface area contributed by atoms with E-state index in [2.05, 4.69) is 10.1 Å². The quantitative estimate of drug-likeness (QED) is 0.614. The third-order valence-electron chi connectivity index (χ3n) is 2.37. The highest BCUT2D eigenvalue weighted by Crippen LogP contribution is 2.22. The van der Waals surface area contributed by atoms with E-state index in [1.807, 2.05) is 0 Å². The Balaban J connectivity index is 2.83. The van der Waals surface area contributed by atoms with Gasteiger partial charge in [0.05, 0.1) is 12.7 Å². The first-order chi connectivity index (χ1) is 8.10. The molecule has 0 aliphatic heterocycles. The summed E-state index contributed by atoms with van der Waals surface area (Å²) >= 11 is 0. The Morgan fingerprint density at radius 1 is 1.35 bits per heavy atom. The second-order valence-corrected chi connectivity index (χ2v) is 3.60. The summed E-state index contributed by atoms with van der Waals surface area (Å²) in [6, 6.07) is 1.77. The van der Waals surface area contributed by atoms with Gasteiger partial charge in [-0.15, -0.1) is 0 Å². The highest BCUT2D eigenvalue weighted by Gasteiger charge is 2.15. The Bertz CT molecular complexity index is 408. The minimum Gasteiger partial charge on any atom is -0.494 e. The molecule has 0 amide bonds. The zero-order valence-electron chi connectivity index (χ0n) is 9.85. The lowest BCUT2D eigenvalue weighted by Crippen LogP contribution is -2.11. The number of Topliss-reactive ketones (excluding diaryl/α,β-unsaturated/α-hetero) is 1. The summed E-state index contributed by atoms with van der Waals surface area (Å²) in [6.07, 6.45) is 0.770. The van der Waals surface area contributed by atoms with Gasteiger partial charge in [-0.2, -0.15) is 0 Å². The number of nitrogens with one attached hydrogen (secondary N) is 1. The summed E-state index contributed by atoms with van der Waals surface area (Å²) in [5, 5.41) is 2.88. The van der Waals surface area contributed by atoms with Crippen molar-refractivity contribution in [2.24, 2.45) is 0 Å². The number of halogens is 2. The molecule has 0 fully saturated rings. The van der Waals surface area contributed by atoms with Crippen LogP contribution >= 0.6 is 0 Å². The van der Waals surface area contributed by atoms with Gasteiger partial charge in [0.2, 0.25) is 0 Å². The van der Waals surface area contributed by atoms with Crippen molar-refractivity contribution in [3.8, 4) is 5.75 Å². The topological polar surface area (TPSA) is 38.3 Å². The fraction of sp³-hybridized carbons (Fsp3) is 0.417. The van der Waals surface area contributed by atoms with Crippen LogP contribution in [0.25, 0.3) is 0 Å². The molecule has 0 aliphatic rings. The summed E-state index contributed by atoms with van der Waals surface area (Å²) < 4.78 is 31.4. The summed E-state index contributed by atoms with van der Waals surface area (Å²) in [5.41, 5.74) is -0.223. The van der Waals surface area contributed by atoms with Gasteiger partial charge in [0.15, 0.2) is 17.3 Å². The number of benzene rings is 1. The van der Waals surface area contributed by atoms with Crippen LogP contribution in [0.1, 0.15) is 23.2 Å². The summed E-state index contributed by atoms with van der Waals surface area (Å²) in [6.45, 7) is 0.659. The lowest BCUT2D eigenvalue weighted by molar-refractivity contribution is 0.0975. The summed E-state index contributed by atoms with van der Waals surface area (Å²) in [7, 11) is 3.00. The van der Waals surface area contributed by atoms with Crippen LogP contribution in [0.15, 0.2) is 12.1 Å². The number of ether oxygens (including phenoxy) is 1. The molecule has 0 saturated heterocycles. The Hall–Kier alpha value is -1.49. The van der Waals surface area contributed by atoms with Crippen LogP contribution in [0.2, 0.25) is 0 Å². The fourth-order valence-electron chi connectivity index (χ4n) is 1.46. The molecule has 0 heterocycles. The summed E-state index contributed by atoms with van der Waals surface area (Å²) in [4.78, 5) is 11.6. The van der Waals surface area contributed by atoms with Crippen LogP contribution in [-0.4, -0.2) is 26.5 Å².